The van der Waals surface area contributed by atoms with Gasteiger partial charge in [0.2, 0.25) is 0 Å². The number of ether oxygens (including phenoxy) is 2. The molecule has 0 bridgehead atoms. The molecule has 0 saturated carbocycles. The molecule has 0 spiro atoms. The van der Waals surface area contributed by atoms with Crippen LogP contribution in [0.25, 0.3) is 0 Å². The van der Waals surface area contributed by atoms with Crippen LogP contribution in [0.3, 0.4) is 0 Å². The summed E-state index contributed by atoms with van der Waals surface area (Å²) < 4.78 is 11.6. The number of halogens is 1. The highest BCUT2D eigenvalue weighted by molar-refractivity contribution is 6.31. The second-order valence-corrected chi connectivity index (χ2v) is 8.72. The molecule has 0 radical (unpaired) electrons. The lowest BCUT2D eigenvalue weighted by atomic mass is 9.75. The quantitative estimate of drug-likeness (QED) is 0.569. The van der Waals surface area contributed by atoms with Crippen LogP contribution in [0.1, 0.15) is 50.2 Å². The Hall–Kier alpha value is -3.43. The fraction of sp³-hybridized carbons (Fsp3) is 0.333. The fourth-order valence-electron chi connectivity index (χ4n) is 4.71. The van der Waals surface area contributed by atoms with E-state index in [4.69, 9.17) is 26.8 Å². The molecule has 1 heterocycles. The summed E-state index contributed by atoms with van der Waals surface area (Å²) in [7, 11) is 0. The van der Waals surface area contributed by atoms with Crippen LogP contribution in [0.2, 0.25) is 5.02 Å². The van der Waals surface area contributed by atoms with E-state index in [1.807, 2.05) is 62.1 Å². The van der Waals surface area contributed by atoms with Crippen molar-refractivity contribution in [3.05, 3.63) is 75.2 Å². The van der Waals surface area contributed by atoms with E-state index in [1.54, 1.807) is 0 Å². The van der Waals surface area contributed by atoms with Crippen molar-refractivity contribution in [1.29, 1.82) is 5.26 Å². The number of nitriles is 1. The number of hydrogen-bond donors (Lipinski definition) is 1. The number of carbonyl (C=O) groups is 1. The Morgan fingerprint density at radius 2 is 1.91 bits per heavy atom. The number of hydrogen-bond acceptors (Lipinski definition) is 6. The number of carbonyl (C=O) groups excluding carboxylic acids is 1. The van der Waals surface area contributed by atoms with Crippen molar-refractivity contribution < 1.29 is 14.3 Å². The molecule has 0 aromatic heterocycles. The van der Waals surface area contributed by atoms with E-state index < -0.39 is 5.92 Å². The molecule has 176 valence electrons. The summed E-state index contributed by atoms with van der Waals surface area (Å²) in [6.45, 7) is 6.67. The minimum atomic E-state index is -0.632. The number of nitrogens with two attached hydrogens (primary N) is 1. The van der Waals surface area contributed by atoms with Crippen LogP contribution < -0.4 is 20.1 Å². The number of Topliss-reactive ketones (excluding diaryl/α,β-unsaturated/α-hetero) is 1. The Labute approximate surface area is 205 Å². The molecule has 0 saturated heterocycles. The molecule has 2 aliphatic rings. The SMILES string of the molecule is CCOc1ccc(OCC)c(C2C(C#N)=C(N)N(c3ccc(C)c(Cl)c3)C3=C2C(=O)CCC3)c1. The van der Waals surface area contributed by atoms with E-state index in [2.05, 4.69) is 6.07 Å². The lowest BCUT2D eigenvalue weighted by Gasteiger charge is -2.40. The van der Waals surface area contributed by atoms with Crippen molar-refractivity contribution in [2.75, 3.05) is 18.1 Å². The first-order chi connectivity index (χ1) is 16.4. The van der Waals surface area contributed by atoms with E-state index in [1.165, 1.54) is 0 Å². The Morgan fingerprint density at radius 3 is 2.59 bits per heavy atom. The molecular weight excluding hydrogens is 450 g/mol. The molecule has 1 aliphatic carbocycles. The van der Waals surface area contributed by atoms with Crippen LogP contribution in [0.5, 0.6) is 11.5 Å². The number of nitrogens with zero attached hydrogens (tertiary/aromatic N) is 2. The molecule has 1 unspecified atom stereocenters. The molecule has 0 amide bonds. The zero-order chi connectivity index (χ0) is 24.4. The molecule has 2 aromatic rings. The summed E-state index contributed by atoms with van der Waals surface area (Å²) in [5.41, 5.74) is 10.7. The first-order valence-corrected chi connectivity index (χ1v) is 11.9. The smallest absolute Gasteiger partial charge is 0.161 e. The highest BCUT2D eigenvalue weighted by Gasteiger charge is 2.41. The van der Waals surface area contributed by atoms with Crippen LogP contribution in [0.15, 0.2) is 59.1 Å². The molecule has 1 aliphatic heterocycles. The van der Waals surface area contributed by atoms with Crippen LogP contribution in [-0.2, 0) is 4.79 Å². The number of rotatable bonds is 6. The average molecular weight is 478 g/mol. The molecule has 6 nitrogen and oxygen atoms in total. The predicted molar refractivity (Wildman–Crippen MR) is 133 cm³/mol. The minimum absolute atomic E-state index is 0.0129. The summed E-state index contributed by atoms with van der Waals surface area (Å²) >= 11 is 6.42. The van der Waals surface area contributed by atoms with Gasteiger partial charge in [-0.1, -0.05) is 17.7 Å². The number of ketones is 1. The van der Waals surface area contributed by atoms with Gasteiger partial charge in [0.1, 0.15) is 17.3 Å². The summed E-state index contributed by atoms with van der Waals surface area (Å²) in [4.78, 5) is 15.2. The van der Waals surface area contributed by atoms with E-state index >= 15 is 0 Å². The van der Waals surface area contributed by atoms with Gasteiger partial charge in [-0.2, -0.15) is 5.26 Å². The first kappa shape index (κ1) is 23.7. The van der Waals surface area contributed by atoms with Crippen molar-refractivity contribution in [2.24, 2.45) is 5.73 Å². The molecule has 2 aromatic carbocycles. The molecule has 0 fully saturated rings. The van der Waals surface area contributed by atoms with Gasteiger partial charge >= 0.3 is 0 Å². The minimum Gasteiger partial charge on any atom is -0.494 e. The summed E-state index contributed by atoms with van der Waals surface area (Å²) in [6, 6.07) is 13.5. The average Bonchev–Trinajstić information content (AvgIpc) is 2.82. The fourth-order valence-corrected chi connectivity index (χ4v) is 4.88. The first-order valence-electron chi connectivity index (χ1n) is 11.5. The molecule has 4 rings (SSSR count). The zero-order valence-corrected chi connectivity index (χ0v) is 20.4. The maximum Gasteiger partial charge on any atom is 0.161 e. The Morgan fingerprint density at radius 1 is 1.15 bits per heavy atom. The summed E-state index contributed by atoms with van der Waals surface area (Å²) in [5, 5.41) is 10.9. The van der Waals surface area contributed by atoms with Crippen molar-refractivity contribution >= 4 is 23.1 Å². The Balaban J connectivity index is 1.98. The molecule has 1 atom stereocenters. The zero-order valence-electron chi connectivity index (χ0n) is 19.7. The Bertz CT molecular complexity index is 1240. The van der Waals surface area contributed by atoms with E-state index in [0.29, 0.717) is 71.5 Å². The van der Waals surface area contributed by atoms with Gasteiger partial charge in [0.25, 0.3) is 0 Å². The van der Waals surface area contributed by atoms with Crippen LogP contribution in [0.4, 0.5) is 5.69 Å². The third-order valence-electron chi connectivity index (χ3n) is 6.23. The van der Waals surface area contributed by atoms with Crippen LogP contribution in [0, 0.1) is 18.3 Å². The number of allylic oxidation sites excluding steroid dienone is 3. The van der Waals surface area contributed by atoms with Gasteiger partial charge in [0.15, 0.2) is 5.78 Å². The van der Waals surface area contributed by atoms with Crippen molar-refractivity contribution in [3.63, 3.8) is 0 Å². The van der Waals surface area contributed by atoms with Gasteiger partial charge in [-0.25, -0.2) is 0 Å². The highest BCUT2D eigenvalue weighted by atomic mass is 35.5. The lowest BCUT2D eigenvalue weighted by Crippen LogP contribution is -2.38. The van der Waals surface area contributed by atoms with Crippen LogP contribution >= 0.6 is 11.6 Å². The second kappa shape index (κ2) is 9.82. The van der Waals surface area contributed by atoms with Crippen molar-refractivity contribution in [2.45, 2.75) is 46.0 Å². The van der Waals surface area contributed by atoms with Gasteiger partial charge in [-0.3, -0.25) is 9.69 Å². The third-order valence-corrected chi connectivity index (χ3v) is 6.64. The normalized spacial score (nSPS) is 18.0. The maximum atomic E-state index is 13.4. The highest BCUT2D eigenvalue weighted by Crippen LogP contribution is 2.49. The maximum absolute atomic E-state index is 13.4. The van der Waals surface area contributed by atoms with Gasteiger partial charge in [0, 0.05) is 34.0 Å². The van der Waals surface area contributed by atoms with E-state index in [-0.39, 0.29) is 5.78 Å². The van der Waals surface area contributed by atoms with Crippen molar-refractivity contribution in [3.8, 4) is 17.6 Å². The van der Waals surface area contributed by atoms with E-state index in [9.17, 15) is 10.1 Å². The monoisotopic (exact) mass is 477 g/mol. The number of anilines is 1. The topological polar surface area (TPSA) is 88.6 Å². The largest absolute Gasteiger partial charge is 0.494 e. The summed E-state index contributed by atoms with van der Waals surface area (Å²) in [5.74, 6) is 0.930. The Kier molecular flexibility index (Phi) is 6.85. The summed E-state index contributed by atoms with van der Waals surface area (Å²) in [6.07, 6.45) is 1.80. The molecule has 2 N–H and O–H groups in total. The lowest BCUT2D eigenvalue weighted by molar-refractivity contribution is -0.116. The predicted octanol–water partition coefficient (Wildman–Crippen LogP) is 5.75. The standard InChI is InChI=1S/C27H28ClN3O3/c1-4-33-18-11-12-24(34-5-2)19(14-18)25-20(15-29)27(30)31(17-10-9-16(3)21(28)13-17)22-7-6-8-23(32)26(22)25/h9-14,25H,4-8,30H2,1-3H3. The number of benzene rings is 2. The molecule has 34 heavy (non-hydrogen) atoms. The van der Waals surface area contributed by atoms with Gasteiger partial charge in [0.05, 0.1) is 30.8 Å². The molecule has 7 heteroatoms. The van der Waals surface area contributed by atoms with Gasteiger partial charge in [-0.15, -0.1) is 0 Å². The second-order valence-electron chi connectivity index (χ2n) is 8.32. The van der Waals surface area contributed by atoms with Crippen LogP contribution in [-0.4, -0.2) is 19.0 Å². The van der Waals surface area contributed by atoms with Gasteiger partial charge in [-0.05, 0) is 69.5 Å². The van der Waals surface area contributed by atoms with Crippen molar-refractivity contribution in [1.82, 2.24) is 0 Å². The van der Waals surface area contributed by atoms with Gasteiger partial charge < -0.3 is 15.2 Å². The molecular formula is C27H28ClN3O3. The van der Waals surface area contributed by atoms with E-state index in [0.717, 1.165) is 16.9 Å². The third kappa shape index (κ3) is 4.12. The number of aryl methyl sites for hydroxylation is 1.